The van der Waals surface area contributed by atoms with E-state index in [-0.39, 0.29) is 10.8 Å². The topological polar surface area (TPSA) is 47.8 Å². The van der Waals surface area contributed by atoms with Gasteiger partial charge < -0.3 is 0 Å². The van der Waals surface area contributed by atoms with Crippen LogP contribution in [0.2, 0.25) is 0 Å². The Bertz CT molecular complexity index is 1020. The third kappa shape index (κ3) is 4.06. The zero-order valence-electron chi connectivity index (χ0n) is 21.1. The van der Waals surface area contributed by atoms with Gasteiger partial charge in [0.05, 0.1) is 5.75 Å². The van der Waals surface area contributed by atoms with E-state index in [4.69, 9.17) is 0 Å². The first kappa shape index (κ1) is 22.8. The molecule has 0 amide bonds. The molecule has 0 atom stereocenters. The van der Waals surface area contributed by atoms with Crippen LogP contribution in [0.15, 0.2) is 29.4 Å². The summed E-state index contributed by atoms with van der Waals surface area (Å²) in [5, 5.41) is 10.3. The molecule has 0 N–H and O–H groups in total. The van der Waals surface area contributed by atoms with Crippen LogP contribution in [-0.2, 0) is 10.2 Å². The van der Waals surface area contributed by atoms with Crippen LogP contribution < -0.4 is 0 Å². The number of ketones is 1. The van der Waals surface area contributed by atoms with E-state index in [9.17, 15) is 4.79 Å². The summed E-state index contributed by atoms with van der Waals surface area (Å²) in [4.78, 5) is 13.6. The summed E-state index contributed by atoms with van der Waals surface area (Å²) in [5.74, 6) is 4.45. The van der Waals surface area contributed by atoms with Crippen molar-refractivity contribution < 1.29 is 4.79 Å². The standard InChI is InChI=1S/C29H39N3OS/c1-28(2,3)23-10-8-22(9-11-23)26-30-31-27(32(26)24-6-4-5-7-24)34-18-25(33)29-15-19-12-20(16-29)14-21(13-19)17-29/h8-11,19-21,24H,4-7,12-18H2,1-3H3. The normalized spacial score (nSPS) is 30.9. The van der Waals surface area contributed by atoms with Crippen LogP contribution in [0.5, 0.6) is 0 Å². The molecular formula is C29H39N3OS. The van der Waals surface area contributed by atoms with Gasteiger partial charge in [-0.2, -0.15) is 0 Å². The molecule has 0 spiro atoms. The van der Waals surface area contributed by atoms with Crippen molar-refractivity contribution >= 4 is 17.5 Å². The zero-order valence-corrected chi connectivity index (χ0v) is 21.9. The fourth-order valence-corrected chi connectivity index (χ4v) is 8.96. The van der Waals surface area contributed by atoms with Gasteiger partial charge in [0.25, 0.3) is 0 Å². The fraction of sp³-hybridized carbons (Fsp3) is 0.690. The van der Waals surface area contributed by atoms with Gasteiger partial charge in [-0.25, -0.2) is 0 Å². The lowest BCUT2D eigenvalue weighted by atomic mass is 9.48. The summed E-state index contributed by atoms with van der Waals surface area (Å²) in [5.41, 5.74) is 2.58. The molecule has 5 fully saturated rings. The molecule has 5 heteroatoms. The minimum atomic E-state index is -0.0222. The number of carbonyl (C=O) groups excluding carboxylic acids is 1. The number of aromatic nitrogens is 3. The van der Waals surface area contributed by atoms with Crippen LogP contribution in [0.25, 0.3) is 11.4 Å². The second kappa shape index (κ2) is 8.50. The van der Waals surface area contributed by atoms with Crippen LogP contribution in [0.4, 0.5) is 0 Å². The van der Waals surface area contributed by atoms with Crippen molar-refractivity contribution in [1.82, 2.24) is 14.8 Å². The molecular weight excluding hydrogens is 438 g/mol. The average molecular weight is 478 g/mol. The molecule has 1 aromatic carbocycles. The number of hydrogen-bond donors (Lipinski definition) is 0. The Morgan fingerprint density at radius 2 is 1.56 bits per heavy atom. The van der Waals surface area contributed by atoms with E-state index >= 15 is 0 Å². The molecule has 0 aliphatic heterocycles. The monoisotopic (exact) mass is 477 g/mol. The Labute approximate surface area is 208 Å². The largest absolute Gasteiger partial charge is 0.299 e. The summed E-state index contributed by atoms with van der Waals surface area (Å²) in [7, 11) is 0. The Hall–Kier alpha value is -1.62. The Kier molecular flexibility index (Phi) is 5.70. The number of rotatable bonds is 6. The van der Waals surface area contributed by atoms with E-state index in [1.807, 2.05) is 0 Å². The molecule has 5 aliphatic carbocycles. The van der Waals surface area contributed by atoms with Crippen molar-refractivity contribution in [3.8, 4) is 11.4 Å². The molecule has 34 heavy (non-hydrogen) atoms. The van der Waals surface area contributed by atoms with Crippen molar-refractivity contribution in [2.45, 2.75) is 102 Å². The zero-order chi connectivity index (χ0) is 23.5. The summed E-state index contributed by atoms with van der Waals surface area (Å²) in [6.07, 6.45) is 12.5. The molecule has 4 bridgehead atoms. The van der Waals surface area contributed by atoms with Gasteiger partial charge in [-0.05, 0) is 80.1 Å². The van der Waals surface area contributed by atoms with Crippen molar-refractivity contribution in [3.63, 3.8) is 0 Å². The highest BCUT2D eigenvalue weighted by Crippen LogP contribution is 2.60. The highest BCUT2D eigenvalue weighted by atomic mass is 32.2. The van der Waals surface area contributed by atoms with Gasteiger partial charge >= 0.3 is 0 Å². The second-order valence-corrected chi connectivity index (χ2v) is 13.8. The molecule has 1 aromatic heterocycles. The lowest BCUT2D eigenvalue weighted by Crippen LogP contribution is -2.50. The van der Waals surface area contributed by atoms with Crippen LogP contribution in [0.1, 0.15) is 96.6 Å². The highest BCUT2D eigenvalue weighted by Gasteiger charge is 2.54. The maximum atomic E-state index is 13.6. The highest BCUT2D eigenvalue weighted by molar-refractivity contribution is 7.99. The number of nitrogens with zero attached hydrogens (tertiary/aromatic N) is 3. The van der Waals surface area contributed by atoms with Gasteiger partial charge in [0.1, 0.15) is 5.78 Å². The molecule has 182 valence electrons. The van der Waals surface area contributed by atoms with Gasteiger partial charge in [0.15, 0.2) is 11.0 Å². The molecule has 0 unspecified atom stereocenters. The Morgan fingerprint density at radius 1 is 0.971 bits per heavy atom. The molecule has 2 aromatic rings. The summed E-state index contributed by atoms with van der Waals surface area (Å²) >= 11 is 1.65. The lowest BCUT2D eigenvalue weighted by Gasteiger charge is -2.56. The van der Waals surface area contributed by atoms with Crippen molar-refractivity contribution in [2.75, 3.05) is 5.75 Å². The van der Waals surface area contributed by atoms with Gasteiger partial charge in [-0.3, -0.25) is 9.36 Å². The molecule has 0 saturated heterocycles. The molecule has 7 rings (SSSR count). The third-order valence-corrected chi connectivity index (χ3v) is 10.3. The van der Waals surface area contributed by atoms with E-state index in [2.05, 4.69) is 59.8 Å². The maximum absolute atomic E-state index is 13.6. The number of Topliss-reactive ketones (excluding diaryl/α,β-unsaturated/α-hetero) is 1. The predicted molar refractivity (Wildman–Crippen MR) is 138 cm³/mol. The van der Waals surface area contributed by atoms with Crippen molar-refractivity contribution in [1.29, 1.82) is 0 Å². The van der Waals surface area contributed by atoms with E-state index in [1.165, 1.54) is 50.5 Å². The number of carbonyl (C=O) groups is 1. The summed E-state index contributed by atoms with van der Waals surface area (Å²) < 4.78 is 2.37. The van der Waals surface area contributed by atoms with E-state index in [0.29, 0.717) is 17.6 Å². The van der Waals surface area contributed by atoms with Gasteiger partial charge in [-0.1, -0.05) is 69.6 Å². The number of thioether (sulfide) groups is 1. The first-order valence-electron chi connectivity index (χ1n) is 13.5. The van der Waals surface area contributed by atoms with Gasteiger partial charge in [-0.15, -0.1) is 10.2 Å². The fourth-order valence-electron chi connectivity index (χ4n) is 7.92. The number of benzene rings is 1. The van der Waals surface area contributed by atoms with E-state index in [0.717, 1.165) is 53.6 Å². The lowest BCUT2D eigenvalue weighted by molar-refractivity contribution is -0.141. The first-order chi connectivity index (χ1) is 16.3. The Balaban J connectivity index is 1.24. The Morgan fingerprint density at radius 3 is 2.12 bits per heavy atom. The summed E-state index contributed by atoms with van der Waals surface area (Å²) in [6.45, 7) is 6.75. The molecule has 5 saturated carbocycles. The average Bonchev–Trinajstić information content (AvgIpc) is 3.45. The summed E-state index contributed by atoms with van der Waals surface area (Å²) in [6, 6.07) is 9.30. The maximum Gasteiger partial charge on any atom is 0.192 e. The predicted octanol–water partition coefficient (Wildman–Crippen LogP) is 7.24. The van der Waals surface area contributed by atoms with E-state index in [1.54, 1.807) is 11.8 Å². The number of hydrogen-bond acceptors (Lipinski definition) is 4. The van der Waals surface area contributed by atoms with Crippen LogP contribution in [-0.4, -0.2) is 26.3 Å². The molecule has 5 aliphatic rings. The smallest absolute Gasteiger partial charge is 0.192 e. The third-order valence-electron chi connectivity index (χ3n) is 9.33. The van der Waals surface area contributed by atoms with Gasteiger partial charge in [0, 0.05) is 17.0 Å². The minimum absolute atomic E-state index is 0.0222. The molecule has 0 radical (unpaired) electrons. The quantitative estimate of drug-likeness (QED) is 0.412. The molecule has 4 nitrogen and oxygen atoms in total. The van der Waals surface area contributed by atoms with Crippen molar-refractivity contribution in [2.24, 2.45) is 23.2 Å². The van der Waals surface area contributed by atoms with E-state index < -0.39 is 0 Å². The first-order valence-corrected chi connectivity index (χ1v) is 14.5. The second-order valence-electron chi connectivity index (χ2n) is 12.9. The van der Waals surface area contributed by atoms with Crippen molar-refractivity contribution in [3.05, 3.63) is 29.8 Å². The van der Waals surface area contributed by atoms with Crippen LogP contribution in [0, 0.1) is 23.2 Å². The van der Waals surface area contributed by atoms with Gasteiger partial charge in [0.2, 0.25) is 0 Å². The molecule has 1 heterocycles. The van der Waals surface area contributed by atoms with Crippen LogP contribution in [0.3, 0.4) is 0 Å². The minimum Gasteiger partial charge on any atom is -0.299 e. The SMILES string of the molecule is CC(C)(C)c1ccc(-c2nnc(SCC(=O)C34CC5CC(CC(C5)C3)C4)n2C2CCCC2)cc1. The van der Waals surface area contributed by atoms with Crippen LogP contribution >= 0.6 is 11.8 Å².